The molecule has 0 radical (unpaired) electrons. The summed E-state index contributed by atoms with van der Waals surface area (Å²) in [7, 11) is 0. The molecule has 46 heavy (non-hydrogen) atoms. The van der Waals surface area contributed by atoms with Gasteiger partial charge >= 0.3 is 285 Å². The van der Waals surface area contributed by atoms with Crippen LogP contribution < -0.4 is 0 Å². The molecule has 0 nitrogen and oxygen atoms in total. The van der Waals surface area contributed by atoms with Crippen LogP contribution in [0.1, 0.15) is 110 Å². The topological polar surface area (TPSA) is 0 Å². The van der Waals surface area contributed by atoms with Crippen LogP contribution in [0.25, 0.3) is 33.4 Å². The molecule has 2 unspecified atom stereocenters. The van der Waals surface area contributed by atoms with Gasteiger partial charge in [-0.15, -0.1) is 0 Å². The van der Waals surface area contributed by atoms with E-state index < -0.39 is 20.3 Å². The van der Waals surface area contributed by atoms with Gasteiger partial charge in [-0.25, -0.2) is 0 Å². The maximum absolute atomic E-state index is 3.21. The van der Waals surface area contributed by atoms with Crippen LogP contribution in [0.2, 0.25) is 8.26 Å². The van der Waals surface area contributed by atoms with Gasteiger partial charge < -0.3 is 0 Å². The molecule has 0 fully saturated rings. The summed E-state index contributed by atoms with van der Waals surface area (Å²) in [6.45, 7) is 15.0. The van der Waals surface area contributed by atoms with Crippen LogP contribution in [-0.4, -0.2) is 0 Å². The third kappa shape index (κ3) is 4.70. The van der Waals surface area contributed by atoms with Gasteiger partial charge in [0.2, 0.25) is 0 Å². The first kappa shape index (κ1) is 31.8. The third-order valence-electron chi connectivity index (χ3n) is 12.0. The molecule has 2 aliphatic carbocycles. The number of fused-ring (bicyclic) bond motifs is 8. The van der Waals surface area contributed by atoms with E-state index >= 15 is 0 Å². The van der Waals surface area contributed by atoms with Crippen molar-refractivity contribution < 1.29 is 20.3 Å². The molecule has 236 valence electrons. The van der Waals surface area contributed by atoms with Crippen molar-refractivity contribution in [3.8, 4) is 22.3 Å². The van der Waals surface area contributed by atoms with Crippen molar-refractivity contribution in [3.05, 3.63) is 130 Å². The summed E-state index contributed by atoms with van der Waals surface area (Å²) in [5.41, 5.74) is 19.1. The fraction of sp³-hybridized carbons (Fsp3) is 0.378. The Balaban J connectivity index is 1.64. The van der Waals surface area contributed by atoms with Crippen molar-refractivity contribution in [1.82, 2.24) is 0 Å². The zero-order chi connectivity index (χ0) is 32.1. The number of unbranched alkanes of at least 4 members (excludes halogenated alkanes) is 2. The maximum atomic E-state index is 2.60. The molecule has 4 bridgehead atoms. The summed E-state index contributed by atoms with van der Waals surface area (Å²) in [6.07, 6.45) is 7.64. The van der Waals surface area contributed by atoms with E-state index in [0.717, 1.165) is 12.8 Å². The third-order valence-corrected chi connectivity index (χ3v) is 27.2. The summed E-state index contributed by atoms with van der Waals surface area (Å²) in [6, 6.07) is 37.5. The number of hydrogen-bond acceptors (Lipinski definition) is 0. The predicted octanol–water partition coefficient (Wildman–Crippen LogP) is 13.8. The van der Waals surface area contributed by atoms with Crippen LogP contribution in [0.3, 0.4) is 0 Å². The predicted molar refractivity (Wildman–Crippen MR) is 197 cm³/mol. The van der Waals surface area contributed by atoms with Gasteiger partial charge in [-0.3, -0.25) is 0 Å². The van der Waals surface area contributed by atoms with E-state index in [1.54, 1.807) is 33.4 Å². The second-order valence-corrected chi connectivity index (χ2v) is 26.1. The molecule has 4 aromatic rings. The Morgan fingerprint density at radius 3 is 1.30 bits per heavy atom. The monoisotopic (exact) mass is 682 g/mol. The molecular formula is C45H52Zr. The first-order valence-corrected chi connectivity index (χ1v) is 24.6. The molecule has 7 rings (SSSR count). The average molecular weight is 684 g/mol. The van der Waals surface area contributed by atoms with Gasteiger partial charge in [-0.05, 0) is 0 Å². The van der Waals surface area contributed by atoms with E-state index in [1.165, 1.54) is 56.2 Å². The molecule has 0 saturated heterocycles. The summed E-state index contributed by atoms with van der Waals surface area (Å²) >= 11 is -3.21. The second kappa shape index (κ2) is 12.7. The van der Waals surface area contributed by atoms with Crippen LogP contribution in [-0.2, 0) is 20.3 Å². The molecule has 1 heteroatoms. The summed E-state index contributed by atoms with van der Waals surface area (Å²) in [4.78, 5) is 0. The zero-order valence-electron chi connectivity index (χ0n) is 29.0. The van der Waals surface area contributed by atoms with Crippen LogP contribution >= 0.6 is 0 Å². The molecular weight excluding hydrogens is 632 g/mol. The first-order chi connectivity index (χ1) is 22.4. The van der Waals surface area contributed by atoms with E-state index in [0.29, 0.717) is 7.25 Å². The molecule has 0 N–H and O–H groups in total. The molecule has 4 aromatic carbocycles. The van der Waals surface area contributed by atoms with E-state index in [1.807, 2.05) is 11.1 Å². The van der Waals surface area contributed by atoms with Gasteiger partial charge in [0.1, 0.15) is 0 Å². The van der Waals surface area contributed by atoms with E-state index in [2.05, 4.69) is 139 Å². The second-order valence-electron chi connectivity index (χ2n) is 14.7. The zero-order valence-corrected chi connectivity index (χ0v) is 31.5. The average Bonchev–Trinajstić information content (AvgIpc) is 3.65. The number of hydrogen-bond donors (Lipinski definition) is 0. The molecule has 0 aromatic heterocycles. The van der Waals surface area contributed by atoms with Gasteiger partial charge in [0.25, 0.3) is 0 Å². The number of benzene rings is 4. The van der Waals surface area contributed by atoms with Crippen LogP contribution in [0.5, 0.6) is 0 Å². The van der Waals surface area contributed by atoms with Crippen molar-refractivity contribution in [2.45, 2.75) is 95.6 Å². The summed E-state index contributed by atoms with van der Waals surface area (Å²) in [5.74, 6) is 0. The molecule has 2 atom stereocenters. The van der Waals surface area contributed by atoms with Crippen LogP contribution in [0.4, 0.5) is 0 Å². The minimum atomic E-state index is -3.21. The fourth-order valence-corrected chi connectivity index (χ4v) is 29.0. The Kier molecular flexibility index (Phi) is 8.78. The Hall–Kier alpha value is -2.76. The van der Waals surface area contributed by atoms with Crippen LogP contribution in [0, 0.1) is 5.41 Å². The Morgan fingerprint density at radius 2 is 0.935 bits per heavy atom. The molecule has 1 aliphatic heterocycles. The van der Waals surface area contributed by atoms with Gasteiger partial charge in [-0.1, -0.05) is 0 Å². The van der Waals surface area contributed by atoms with Crippen molar-refractivity contribution in [1.29, 1.82) is 0 Å². The van der Waals surface area contributed by atoms with E-state index in [-0.39, 0.29) is 5.41 Å². The quantitative estimate of drug-likeness (QED) is 0.156. The van der Waals surface area contributed by atoms with Crippen LogP contribution in [0.15, 0.2) is 108 Å². The summed E-state index contributed by atoms with van der Waals surface area (Å²) in [5, 5.41) is 0. The number of allylic oxidation sites excluding steroid dienone is 4. The molecule has 0 spiro atoms. The SMILES string of the molecule is CCC[CH2][Zr]1([CH2]CCC)[CH]2C(CC)=C(c3c(-c4ccccc4)cccc32)C(C)(C)C2=C(CC)[CH]1c1cccc(-c3ccccc3)c12. The van der Waals surface area contributed by atoms with Gasteiger partial charge in [-0.2, -0.15) is 0 Å². The molecule has 0 saturated carbocycles. The van der Waals surface area contributed by atoms with E-state index in [9.17, 15) is 0 Å². The van der Waals surface area contributed by atoms with Crippen molar-refractivity contribution in [3.63, 3.8) is 0 Å². The van der Waals surface area contributed by atoms with E-state index in [4.69, 9.17) is 0 Å². The minimum absolute atomic E-state index is 0.104. The Bertz CT molecular complexity index is 1670. The van der Waals surface area contributed by atoms with Gasteiger partial charge in [0, 0.05) is 0 Å². The Morgan fingerprint density at radius 1 is 0.522 bits per heavy atom. The van der Waals surface area contributed by atoms with Gasteiger partial charge in [0.05, 0.1) is 0 Å². The van der Waals surface area contributed by atoms with Crippen molar-refractivity contribution in [2.75, 3.05) is 0 Å². The summed E-state index contributed by atoms with van der Waals surface area (Å²) < 4.78 is 4.26. The first-order valence-electron chi connectivity index (χ1n) is 18.3. The molecule has 1 heterocycles. The van der Waals surface area contributed by atoms with Crippen molar-refractivity contribution >= 4 is 11.1 Å². The Labute approximate surface area is 283 Å². The molecule has 0 amide bonds. The number of rotatable bonds is 10. The molecule has 3 aliphatic rings. The standard InChI is InChI=1S/C37H34.2C4H9.Zr/c1-5-25-23-29-19-13-21-31(27-15-9-7-10-16-27)33(29)35(25)37(3,4)36-26(6-2)24-30-20-14-22-32(34(30)36)28-17-11-8-12-18-28;2*1-3-4-2;/h7-24H,5-6H2,1-4H3;2*1,3-4H2,2H3;. The van der Waals surface area contributed by atoms with Crippen molar-refractivity contribution in [2.24, 2.45) is 5.41 Å². The van der Waals surface area contributed by atoms with Gasteiger partial charge in [0.15, 0.2) is 0 Å². The fourth-order valence-electron chi connectivity index (χ4n) is 10.4. The normalized spacial score (nSPS) is 20.4.